The van der Waals surface area contributed by atoms with Crippen molar-refractivity contribution in [2.75, 3.05) is 26.7 Å². The number of nitrogens with one attached hydrogen (secondary N) is 1. The molecule has 0 aromatic rings. The Labute approximate surface area is 105 Å². The van der Waals surface area contributed by atoms with Gasteiger partial charge in [-0.2, -0.15) is 0 Å². The summed E-state index contributed by atoms with van der Waals surface area (Å²) >= 11 is 6.07. The van der Waals surface area contributed by atoms with Crippen LogP contribution in [0.4, 0.5) is 0 Å². The normalized spacial score (nSPS) is 27.5. The van der Waals surface area contributed by atoms with E-state index in [0.29, 0.717) is 10.8 Å². The predicted octanol–water partition coefficient (Wildman–Crippen LogP) is 0.969. The first-order valence-electron chi connectivity index (χ1n) is 5.61. The van der Waals surface area contributed by atoms with E-state index in [2.05, 4.69) is 5.32 Å². The van der Waals surface area contributed by atoms with Crippen LogP contribution in [0.2, 0.25) is 0 Å². The zero-order valence-corrected chi connectivity index (χ0v) is 10.3. The summed E-state index contributed by atoms with van der Waals surface area (Å²) in [4.78, 5) is 14.2. The molecule has 2 heterocycles. The molecule has 1 N–H and O–H groups in total. The van der Waals surface area contributed by atoms with Crippen LogP contribution in [0, 0.1) is 5.92 Å². The summed E-state index contributed by atoms with van der Waals surface area (Å²) in [5, 5.41) is 3.79. The monoisotopic (exact) mass is 252 g/mol. The maximum Gasteiger partial charge on any atom is 0.242 e. The number of amides is 1. The molecule has 1 aliphatic carbocycles. The van der Waals surface area contributed by atoms with Crippen LogP contribution >= 0.6 is 11.6 Å². The zero-order valence-electron chi connectivity index (χ0n) is 9.50. The van der Waals surface area contributed by atoms with E-state index in [1.165, 1.54) is 0 Å². The van der Waals surface area contributed by atoms with Crippen molar-refractivity contribution >= 4 is 17.5 Å². The maximum atomic E-state index is 12.3. The van der Waals surface area contributed by atoms with Gasteiger partial charge in [-0.05, 0) is 11.6 Å². The number of fused-ring (bicyclic) bond motifs is 2. The minimum atomic E-state index is -0.340. The average molecular weight is 253 g/mol. The summed E-state index contributed by atoms with van der Waals surface area (Å²) in [5.41, 5.74) is 2.07. The third-order valence-corrected chi connectivity index (χ3v) is 3.73. The second-order valence-electron chi connectivity index (χ2n) is 4.25. The highest BCUT2D eigenvalue weighted by molar-refractivity contribution is 6.32. The molecule has 1 fully saturated rings. The standard InChI is InChI=1S/C12H13ClN2O2/c1-17-11-8(13)3-2-7-9-6-14-4-5-15(9)12(16)10(7)11/h2-3,10,14H,4-6H2,1H3. The van der Waals surface area contributed by atoms with Gasteiger partial charge in [-0.1, -0.05) is 17.7 Å². The van der Waals surface area contributed by atoms with Gasteiger partial charge in [0, 0.05) is 25.3 Å². The Balaban J connectivity index is 2.10. The van der Waals surface area contributed by atoms with Crippen molar-refractivity contribution in [3.63, 3.8) is 0 Å². The number of methoxy groups -OCH3 is 1. The van der Waals surface area contributed by atoms with Crippen molar-refractivity contribution in [2.45, 2.75) is 0 Å². The van der Waals surface area contributed by atoms with E-state index in [-0.39, 0.29) is 11.8 Å². The number of nitrogens with zero attached hydrogens (tertiary/aromatic N) is 1. The Bertz CT molecular complexity index is 479. The highest BCUT2D eigenvalue weighted by Gasteiger charge is 2.44. The van der Waals surface area contributed by atoms with Gasteiger partial charge in [0.2, 0.25) is 5.91 Å². The Kier molecular flexibility index (Phi) is 2.49. The predicted molar refractivity (Wildman–Crippen MR) is 64.1 cm³/mol. The second kappa shape index (κ2) is 3.89. The molecule has 17 heavy (non-hydrogen) atoms. The summed E-state index contributed by atoms with van der Waals surface area (Å²) in [6, 6.07) is 0. The van der Waals surface area contributed by atoms with Gasteiger partial charge in [0.15, 0.2) is 0 Å². The molecular weight excluding hydrogens is 240 g/mol. The molecule has 1 unspecified atom stereocenters. The summed E-state index contributed by atoms with van der Waals surface area (Å²) in [6.45, 7) is 2.28. The fourth-order valence-corrected chi connectivity index (χ4v) is 2.88. The molecule has 0 bridgehead atoms. The van der Waals surface area contributed by atoms with E-state index in [9.17, 15) is 4.79 Å². The lowest BCUT2D eigenvalue weighted by Gasteiger charge is -2.26. The number of hydrogen-bond acceptors (Lipinski definition) is 3. The molecule has 3 rings (SSSR count). The summed E-state index contributed by atoms with van der Waals surface area (Å²) in [6.07, 6.45) is 3.72. The SMILES string of the molecule is COC1=C(Cl)C=CC2=C3CNCCN3C(=O)C21. The first-order valence-corrected chi connectivity index (χ1v) is 5.98. The zero-order chi connectivity index (χ0) is 12.0. The number of carbonyl (C=O) groups is 1. The molecule has 0 aromatic carbocycles. The van der Waals surface area contributed by atoms with E-state index in [0.717, 1.165) is 30.9 Å². The Morgan fingerprint density at radius 2 is 2.35 bits per heavy atom. The van der Waals surface area contributed by atoms with Crippen LogP contribution in [0.5, 0.6) is 0 Å². The third kappa shape index (κ3) is 1.44. The lowest BCUT2D eigenvalue weighted by Crippen LogP contribution is -2.43. The van der Waals surface area contributed by atoms with Crippen LogP contribution in [0.15, 0.2) is 34.2 Å². The summed E-state index contributed by atoms with van der Waals surface area (Å²) < 4.78 is 5.29. The summed E-state index contributed by atoms with van der Waals surface area (Å²) in [5.74, 6) is 0.305. The van der Waals surface area contributed by atoms with Gasteiger partial charge in [-0.3, -0.25) is 4.79 Å². The molecule has 0 saturated carbocycles. The second-order valence-corrected chi connectivity index (χ2v) is 4.66. The Morgan fingerprint density at radius 3 is 3.12 bits per heavy atom. The van der Waals surface area contributed by atoms with Crippen LogP contribution in [0.25, 0.3) is 0 Å². The largest absolute Gasteiger partial charge is 0.498 e. The first-order chi connectivity index (χ1) is 8.24. The molecule has 2 aliphatic heterocycles. The summed E-state index contributed by atoms with van der Waals surface area (Å²) in [7, 11) is 1.56. The van der Waals surface area contributed by atoms with E-state index in [1.54, 1.807) is 13.2 Å². The maximum absolute atomic E-state index is 12.3. The molecule has 1 saturated heterocycles. The van der Waals surface area contributed by atoms with Crippen LogP contribution in [0.3, 0.4) is 0 Å². The van der Waals surface area contributed by atoms with Crippen LogP contribution < -0.4 is 5.32 Å². The van der Waals surface area contributed by atoms with Crippen LogP contribution in [0.1, 0.15) is 0 Å². The minimum Gasteiger partial charge on any atom is -0.498 e. The van der Waals surface area contributed by atoms with Crippen molar-refractivity contribution in [3.8, 4) is 0 Å². The Hall–Kier alpha value is -1.26. The molecule has 5 heteroatoms. The van der Waals surface area contributed by atoms with Crippen molar-refractivity contribution in [1.82, 2.24) is 10.2 Å². The molecule has 0 aromatic heterocycles. The fraction of sp³-hybridized carbons (Fsp3) is 0.417. The van der Waals surface area contributed by atoms with Crippen molar-refractivity contribution < 1.29 is 9.53 Å². The number of hydrogen-bond donors (Lipinski definition) is 1. The van der Waals surface area contributed by atoms with Crippen molar-refractivity contribution in [2.24, 2.45) is 5.92 Å². The van der Waals surface area contributed by atoms with Gasteiger partial charge < -0.3 is 15.0 Å². The van der Waals surface area contributed by atoms with Gasteiger partial charge in [-0.25, -0.2) is 0 Å². The van der Waals surface area contributed by atoms with Crippen molar-refractivity contribution in [3.05, 3.63) is 34.2 Å². The van der Waals surface area contributed by atoms with Crippen LogP contribution in [-0.4, -0.2) is 37.6 Å². The number of ether oxygens (including phenoxy) is 1. The van der Waals surface area contributed by atoms with Crippen molar-refractivity contribution in [1.29, 1.82) is 0 Å². The molecule has 90 valence electrons. The van der Waals surface area contributed by atoms with Gasteiger partial charge >= 0.3 is 0 Å². The van der Waals surface area contributed by atoms with Crippen LogP contribution in [-0.2, 0) is 9.53 Å². The molecule has 4 nitrogen and oxygen atoms in total. The van der Waals surface area contributed by atoms with E-state index < -0.39 is 0 Å². The number of carbonyl (C=O) groups excluding carboxylic acids is 1. The molecule has 1 atom stereocenters. The fourth-order valence-electron chi connectivity index (χ4n) is 2.63. The molecule has 0 radical (unpaired) electrons. The average Bonchev–Trinajstić information content (AvgIpc) is 2.64. The molecule has 3 aliphatic rings. The van der Waals surface area contributed by atoms with Gasteiger partial charge in [0.1, 0.15) is 11.7 Å². The number of rotatable bonds is 1. The molecular formula is C12H13ClN2O2. The van der Waals surface area contributed by atoms with E-state index >= 15 is 0 Å². The molecule has 0 spiro atoms. The first kappa shape index (κ1) is 10.9. The van der Waals surface area contributed by atoms with E-state index in [4.69, 9.17) is 16.3 Å². The minimum absolute atomic E-state index is 0.0795. The van der Waals surface area contributed by atoms with Gasteiger partial charge in [0.25, 0.3) is 0 Å². The third-order valence-electron chi connectivity index (χ3n) is 3.41. The Morgan fingerprint density at radius 1 is 1.53 bits per heavy atom. The number of piperazine rings is 1. The number of allylic oxidation sites excluding steroid dienone is 3. The topological polar surface area (TPSA) is 41.6 Å². The number of halogens is 1. The lowest BCUT2D eigenvalue weighted by molar-refractivity contribution is -0.130. The highest BCUT2D eigenvalue weighted by atomic mass is 35.5. The van der Waals surface area contributed by atoms with Gasteiger partial charge in [0.05, 0.1) is 12.1 Å². The van der Waals surface area contributed by atoms with E-state index in [1.807, 2.05) is 11.0 Å². The quantitative estimate of drug-likeness (QED) is 0.756. The highest BCUT2D eigenvalue weighted by Crippen LogP contribution is 2.41. The molecule has 1 amide bonds. The lowest BCUT2D eigenvalue weighted by atomic mass is 9.93. The smallest absolute Gasteiger partial charge is 0.242 e. The van der Waals surface area contributed by atoms with Gasteiger partial charge in [-0.15, -0.1) is 0 Å².